The number of nitrogens with one attached hydrogen (secondary N) is 1. The van der Waals surface area contributed by atoms with Gasteiger partial charge in [-0.25, -0.2) is 4.98 Å². The van der Waals surface area contributed by atoms with E-state index in [-0.39, 0.29) is 5.91 Å². The zero-order chi connectivity index (χ0) is 21.3. The van der Waals surface area contributed by atoms with Crippen molar-refractivity contribution in [1.82, 2.24) is 4.98 Å². The molecule has 4 rings (SSSR count). The normalized spacial score (nSPS) is 11.1. The molecule has 0 aliphatic heterocycles. The molecule has 0 saturated carbocycles. The average molecular weight is 415 g/mol. The minimum absolute atomic E-state index is 0.147. The molecule has 4 heteroatoms. The van der Waals surface area contributed by atoms with Gasteiger partial charge in [0.15, 0.2) is 0 Å². The van der Waals surface area contributed by atoms with E-state index in [1.807, 2.05) is 67.6 Å². The smallest absolute Gasteiger partial charge is 0.256 e. The molecule has 0 radical (unpaired) electrons. The van der Waals surface area contributed by atoms with Crippen LogP contribution in [0.2, 0.25) is 5.02 Å². The molecule has 1 aromatic heterocycles. The maximum Gasteiger partial charge on any atom is 0.256 e. The van der Waals surface area contributed by atoms with E-state index in [2.05, 4.69) is 31.3 Å². The molecule has 3 nitrogen and oxygen atoms in total. The second-order valence-corrected chi connectivity index (χ2v) is 8.16. The Balaban J connectivity index is 1.80. The van der Waals surface area contributed by atoms with Gasteiger partial charge in [-0.2, -0.15) is 0 Å². The van der Waals surface area contributed by atoms with Crippen LogP contribution >= 0.6 is 11.6 Å². The molecule has 0 aliphatic rings. The van der Waals surface area contributed by atoms with Gasteiger partial charge < -0.3 is 5.32 Å². The van der Waals surface area contributed by atoms with Gasteiger partial charge in [0.05, 0.1) is 16.8 Å². The first-order valence-corrected chi connectivity index (χ1v) is 10.4. The van der Waals surface area contributed by atoms with E-state index in [1.54, 1.807) is 0 Å². The Morgan fingerprint density at radius 2 is 1.70 bits per heavy atom. The highest BCUT2D eigenvalue weighted by Gasteiger charge is 2.19. The largest absolute Gasteiger partial charge is 0.322 e. The topological polar surface area (TPSA) is 42.0 Å². The van der Waals surface area contributed by atoms with Gasteiger partial charge in [-0.15, -0.1) is 0 Å². The van der Waals surface area contributed by atoms with Crippen molar-refractivity contribution in [3.63, 3.8) is 0 Å². The first-order valence-electron chi connectivity index (χ1n) is 10.0. The number of carbonyl (C=O) groups is 1. The molecule has 0 fully saturated rings. The molecule has 1 N–H and O–H groups in total. The molecule has 1 amide bonds. The first kappa shape index (κ1) is 20.1. The highest BCUT2D eigenvalue weighted by Crippen LogP contribution is 2.31. The zero-order valence-corrected chi connectivity index (χ0v) is 18.0. The number of para-hydroxylation sites is 1. The van der Waals surface area contributed by atoms with Gasteiger partial charge in [-0.05, 0) is 54.3 Å². The van der Waals surface area contributed by atoms with Gasteiger partial charge in [-0.3, -0.25) is 4.79 Å². The monoisotopic (exact) mass is 414 g/mol. The summed E-state index contributed by atoms with van der Waals surface area (Å²) < 4.78 is 0. The molecule has 3 aromatic carbocycles. The predicted octanol–water partition coefficient (Wildman–Crippen LogP) is 7.24. The fourth-order valence-corrected chi connectivity index (χ4v) is 3.85. The van der Waals surface area contributed by atoms with Gasteiger partial charge in [0, 0.05) is 21.7 Å². The van der Waals surface area contributed by atoms with E-state index in [0.29, 0.717) is 16.5 Å². The minimum Gasteiger partial charge on any atom is -0.322 e. The maximum atomic E-state index is 13.4. The molecule has 4 aromatic rings. The van der Waals surface area contributed by atoms with Crippen molar-refractivity contribution in [3.05, 3.63) is 94.5 Å². The molecule has 0 unspecified atom stereocenters. The van der Waals surface area contributed by atoms with Crippen LogP contribution in [0, 0.1) is 6.92 Å². The quantitative estimate of drug-likeness (QED) is 0.382. The number of halogens is 1. The van der Waals surface area contributed by atoms with Crippen molar-refractivity contribution in [1.29, 1.82) is 0 Å². The van der Waals surface area contributed by atoms with E-state index in [4.69, 9.17) is 16.6 Å². The Morgan fingerprint density at radius 1 is 0.967 bits per heavy atom. The molecule has 0 bridgehead atoms. The molecule has 1 heterocycles. The number of rotatable bonds is 4. The van der Waals surface area contributed by atoms with Gasteiger partial charge in [0.1, 0.15) is 0 Å². The Morgan fingerprint density at radius 3 is 2.40 bits per heavy atom. The van der Waals surface area contributed by atoms with Crippen LogP contribution in [0.15, 0.2) is 72.8 Å². The maximum absolute atomic E-state index is 13.4. The van der Waals surface area contributed by atoms with Crippen molar-refractivity contribution in [3.8, 4) is 11.3 Å². The molecular formula is C26H23ClN2O. The summed E-state index contributed by atoms with van der Waals surface area (Å²) in [6.45, 7) is 6.24. The number of carbonyl (C=O) groups excluding carboxylic acids is 1. The van der Waals surface area contributed by atoms with Crippen LogP contribution in [0.4, 0.5) is 5.69 Å². The second-order valence-electron chi connectivity index (χ2n) is 7.72. The standard InChI is InChI=1S/C26H23ClN2O/c1-16(2)18-11-13-21(14-12-18)28-26(30)24-17(3)25(19-7-6-8-20(27)15-19)29-23-10-5-4-9-22(23)24/h4-16H,1-3H3,(H,28,30). The third-order valence-corrected chi connectivity index (χ3v) is 5.53. The van der Waals surface area contributed by atoms with Gasteiger partial charge in [0.2, 0.25) is 0 Å². The highest BCUT2D eigenvalue weighted by atomic mass is 35.5. The summed E-state index contributed by atoms with van der Waals surface area (Å²) >= 11 is 6.20. The summed E-state index contributed by atoms with van der Waals surface area (Å²) in [5.41, 5.74) is 5.89. The van der Waals surface area contributed by atoms with E-state index in [9.17, 15) is 4.79 Å². The number of hydrogen-bond donors (Lipinski definition) is 1. The number of hydrogen-bond acceptors (Lipinski definition) is 2. The van der Waals surface area contributed by atoms with Crippen molar-refractivity contribution < 1.29 is 4.79 Å². The fraction of sp³-hybridized carbons (Fsp3) is 0.154. The van der Waals surface area contributed by atoms with Crippen molar-refractivity contribution in [2.75, 3.05) is 5.32 Å². The summed E-state index contributed by atoms with van der Waals surface area (Å²) in [6, 6.07) is 23.3. The van der Waals surface area contributed by atoms with E-state index in [0.717, 1.165) is 33.4 Å². The lowest BCUT2D eigenvalue weighted by molar-refractivity contribution is 0.102. The molecule has 0 atom stereocenters. The lowest BCUT2D eigenvalue weighted by Crippen LogP contribution is -2.15. The van der Waals surface area contributed by atoms with Gasteiger partial charge in [-0.1, -0.05) is 67.9 Å². The predicted molar refractivity (Wildman–Crippen MR) is 125 cm³/mol. The van der Waals surface area contributed by atoms with Crippen LogP contribution in [-0.2, 0) is 0 Å². The number of fused-ring (bicyclic) bond motifs is 1. The zero-order valence-electron chi connectivity index (χ0n) is 17.2. The molecule has 0 aliphatic carbocycles. The van der Waals surface area contributed by atoms with Crippen LogP contribution in [0.1, 0.15) is 41.3 Å². The Bertz CT molecular complexity index is 1230. The van der Waals surface area contributed by atoms with Crippen molar-refractivity contribution in [2.24, 2.45) is 0 Å². The summed E-state index contributed by atoms with van der Waals surface area (Å²) in [5, 5.41) is 4.52. The highest BCUT2D eigenvalue weighted by molar-refractivity contribution is 6.30. The fourth-order valence-electron chi connectivity index (χ4n) is 3.66. The van der Waals surface area contributed by atoms with Crippen molar-refractivity contribution >= 4 is 34.1 Å². The third kappa shape index (κ3) is 3.94. The molecule has 150 valence electrons. The average Bonchev–Trinajstić information content (AvgIpc) is 2.73. The SMILES string of the molecule is Cc1c(-c2cccc(Cl)c2)nc2ccccc2c1C(=O)Nc1ccc(C(C)C)cc1. The summed E-state index contributed by atoms with van der Waals surface area (Å²) in [4.78, 5) is 18.2. The summed E-state index contributed by atoms with van der Waals surface area (Å²) in [6.07, 6.45) is 0. The van der Waals surface area contributed by atoms with Crippen molar-refractivity contribution in [2.45, 2.75) is 26.7 Å². The molecular weight excluding hydrogens is 392 g/mol. The Labute approximate surface area is 181 Å². The lowest BCUT2D eigenvalue weighted by Gasteiger charge is -2.15. The van der Waals surface area contributed by atoms with Gasteiger partial charge >= 0.3 is 0 Å². The molecule has 30 heavy (non-hydrogen) atoms. The van der Waals surface area contributed by atoms with Crippen LogP contribution in [-0.4, -0.2) is 10.9 Å². The lowest BCUT2D eigenvalue weighted by atomic mass is 9.97. The van der Waals surface area contributed by atoms with E-state index >= 15 is 0 Å². The third-order valence-electron chi connectivity index (χ3n) is 5.30. The summed E-state index contributed by atoms with van der Waals surface area (Å²) in [7, 11) is 0. The molecule has 0 spiro atoms. The Kier molecular flexibility index (Phi) is 5.56. The van der Waals surface area contributed by atoms with Crippen LogP contribution in [0.25, 0.3) is 22.2 Å². The van der Waals surface area contributed by atoms with Crippen LogP contribution in [0.3, 0.4) is 0 Å². The number of pyridine rings is 1. The number of anilines is 1. The first-order chi connectivity index (χ1) is 14.4. The van der Waals surface area contributed by atoms with Crippen LogP contribution in [0.5, 0.6) is 0 Å². The molecule has 0 saturated heterocycles. The number of amides is 1. The van der Waals surface area contributed by atoms with E-state index in [1.165, 1.54) is 5.56 Å². The minimum atomic E-state index is -0.147. The number of aromatic nitrogens is 1. The second kappa shape index (κ2) is 8.29. The summed E-state index contributed by atoms with van der Waals surface area (Å²) in [5.74, 6) is 0.299. The van der Waals surface area contributed by atoms with Crippen LogP contribution < -0.4 is 5.32 Å². The number of benzene rings is 3. The van der Waals surface area contributed by atoms with Gasteiger partial charge in [0.25, 0.3) is 5.91 Å². The Hall–Kier alpha value is -3.17. The van der Waals surface area contributed by atoms with E-state index < -0.39 is 0 Å². The number of nitrogens with zero attached hydrogens (tertiary/aromatic N) is 1.